The summed E-state index contributed by atoms with van der Waals surface area (Å²) in [7, 11) is 1.94. The number of rotatable bonds is 5. The van der Waals surface area contributed by atoms with E-state index >= 15 is 0 Å². The van der Waals surface area contributed by atoms with Gasteiger partial charge < -0.3 is 15.8 Å². The van der Waals surface area contributed by atoms with Crippen LogP contribution in [0.5, 0.6) is 0 Å². The minimum Gasteiger partial charge on any atom is -0.409 e. The summed E-state index contributed by atoms with van der Waals surface area (Å²) in [5.41, 5.74) is 6.39. The standard InChI is InChI=1S/C11H15Cl2N3O/c1-16(5-4-11(14)15-17)7-8-2-3-9(12)6-10(8)13/h2-3,6,17H,4-5,7H2,1H3,(H2,14,15). The van der Waals surface area contributed by atoms with Crippen molar-refractivity contribution in [2.45, 2.75) is 13.0 Å². The second kappa shape index (κ2) is 6.69. The van der Waals surface area contributed by atoms with Crippen molar-refractivity contribution in [3.63, 3.8) is 0 Å². The zero-order valence-electron chi connectivity index (χ0n) is 9.53. The van der Waals surface area contributed by atoms with Gasteiger partial charge in [-0.1, -0.05) is 34.4 Å². The molecule has 94 valence electrons. The van der Waals surface area contributed by atoms with E-state index < -0.39 is 0 Å². The maximum Gasteiger partial charge on any atom is 0.140 e. The molecule has 0 spiro atoms. The van der Waals surface area contributed by atoms with Gasteiger partial charge in [-0.05, 0) is 24.7 Å². The molecule has 17 heavy (non-hydrogen) atoms. The van der Waals surface area contributed by atoms with E-state index in [1.807, 2.05) is 18.0 Å². The third-order valence-corrected chi connectivity index (χ3v) is 2.92. The smallest absolute Gasteiger partial charge is 0.140 e. The molecule has 0 aliphatic heterocycles. The van der Waals surface area contributed by atoms with Gasteiger partial charge in [0.1, 0.15) is 5.84 Å². The van der Waals surface area contributed by atoms with Gasteiger partial charge in [0.25, 0.3) is 0 Å². The highest BCUT2D eigenvalue weighted by molar-refractivity contribution is 6.35. The topological polar surface area (TPSA) is 61.8 Å². The Labute approximate surface area is 111 Å². The fourth-order valence-corrected chi connectivity index (χ4v) is 1.84. The van der Waals surface area contributed by atoms with Crippen LogP contribution in [0.4, 0.5) is 0 Å². The van der Waals surface area contributed by atoms with Crippen LogP contribution in [0.2, 0.25) is 10.0 Å². The van der Waals surface area contributed by atoms with E-state index in [1.54, 1.807) is 12.1 Å². The van der Waals surface area contributed by atoms with Crippen molar-refractivity contribution < 1.29 is 5.21 Å². The summed E-state index contributed by atoms with van der Waals surface area (Å²) in [6.07, 6.45) is 0.512. The molecule has 0 fully saturated rings. The lowest BCUT2D eigenvalue weighted by atomic mass is 10.2. The predicted octanol–water partition coefficient (Wildman–Crippen LogP) is 2.56. The normalized spacial score (nSPS) is 12.1. The molecule has 3 N–H and O–H groups in total. The summed E-state index contributed by atoms with van der Waals surface area (Å²) >= 11 is 11.9. The fourth-order valence-electron chi connectivity index (χ4n) is 1.38. The summed E-state index contributed by atoms with van der Waals surface area (Å²) < 4.78 is 0. The van der Waals surface area contributed by atoms with Crippen molar-refractivity contribution in [1.82, 2.24) is 4.90 Å². The van der Waals surface area contributed by atoms with Crippen LogP contribution in [0.15, 0.2) is 23.4 Å². The van der Waals surface area contributed by atoms with Crippen LogP contribution in [0, 0.1) is 0 Å². The first kappa shape index (κ1) is 14.1. The van der Waals surface area contributed by atoms with Gasteiger partial charge >= 0.3 is 0 Å². The molecule has 0 saturated carbocycles. The van der Waals surface area contributed by atoms with E-state index in [4.69, 9.17) is 34.1 Å². The first-order chi connectivity index (χ1) is 8.02. The lowest BCUT2D eigenvalue weighted by molar-refractivity contribution is 0.309. The summed E-state index contributed by atoms with van der Waals surface area (Å²) in [5.74, 6) is 0.221. The zero-order valence-corrected chi connectivity index (χ0v) is 11.0. The maximum absolute atomic E-state index is 8.42. The third-order valence-electron chi connectivity index (χ3n) is 2.33. The summed E-state index contributed by atoms with van der Waals surface area (Å²) in [6, 6.07) is 5.42. The molecule has 0 radical (unpaired) electrons. The Kier molecular flexibility index (Phi) is 5.55. The number of halogens is 2. The molecule has 4 nitrogen and oxygen atoms in total. The highest BCUT2D eigenvalue weighted by atomic mass is 35.5. The van der Waals surface area contributed by atoms with E-state index in [2.05, 4.69) is 5.16 Å². The van der Waals surface area contributed by atoms with E-state index in [0.29, 0.717) is 29.6 Å². The molecule has 1 aromatic rings. The van der Waals surface area contributed by atoms with E-state index in [0.717, 1.165) is 5.56 Å². The fraction of sp³-hybridized carbons (Fsp3) is 0.364. The van der Waals surface area contributed by atoms with E-state index in [-0.39, 0.29) is 5.84 Å². The summed E-state index contributed by atoms with van der Waals surface area (Å²) in [4.78, 5) is 2.03. The Balaban J connectivity index is 2.53. The van der Waals surface area contributed by atoms with Crippen LogP contribution < -0.4 is 5.73 Å². The van der Waals surface area contributed by atoms with Crippen LogP contribution in [-0.4, -0.2) is 29.5 Å². The molecule has 1 aromatic carbocycles. The summed E-state index contributed by atoms with van der Waals surface area (Å²) in [5, 5.41) is 12.6. The number of hydrogen-bond acceptors (Lipinski definition) is 3. The number of benzene rings is 1. The van der Waals surface area contributed by atoms with Crippen LogP contribution in [-0.2, 0) is 6.54 Å². The van der Waals surface area contributed by atoms with Crippen molar-refractivity contribution in [3.8, 4) is 0 Å². The van der Waals surface area contributed by atoms with Crippen LogP contribution >= 0.6 is 23.2 Å². The molecule has 0 aromatic heterocycles. The number of oxime groups is 1. The van der Waals surface area contributed by atoms with Gasteiger partial charge in [-0.3, -0.25) is 0 Å². The van der Waals surface area contributed by atoms with Crippen molar-refractivity contribution in [2.24, 2.45) is 10.9 Å². The second-order valence-electron chi connectivity index (χ2n) is 3.81. The van der Waals surface area contributed by atoms with Crippen molar-refractivity contribution in [3.05, 3.63) is 33.8 Å². The molecule has 0 heterocycles. The quantitative estimate of drug-likeness (QED) is 0.376. The van der Waals surface area contributed by atoms with Gasteiger partial charge in [0.15, 0.2) is 0 Å². The van der Waals surface area contributed by atoms with E-state index in [1.165, 1.54) is 0 Å². The lowest BCUT2D eigenvalue weighted by Crippen LogP contribution is -2.24. The Bertz CT molecular complexity index is 410. The molecular weight excluding hydrogens is 261 g/mol. The average Bonchev–Trinajstić information content (AvgIpc) is 2.29. The molecule has 0 unspecified atom stereocenters. The molecule has 0 atom stereocenters. The van der Waals surface area contributed by atoms with Gasteiger partial charge in [0, 0.05) is 29.6 Å². The predicted molar refractivity (Wildman–Crippen MR) is 70.8 cm³/mol. The minimum absolute atomic E-state index is 0.221. The van der Waals surface area contributed by atoms with Crippen molar-refractivity contribution in [2.75, 3.05) is 13.6 Å². The van der Waals surface area contributed by atoms with Gasteiger partial charge in [-0.25, -0.2) is 0 Å². The number of hydrogen-bond donors (Lipinski definition) is 2. The van der Waals surface area contributed by atoms with E-state index in [9.17, 15) is 0 Å². The van der Waals surface area contributed by atoms with Crippen molar-refractivity contribution in [1.29, 1.82) is 0 Å². The van der Waals surface area contributed by atoms with Crippen molar-refractivity contribution >= 4 is 29.0 Å². The van der Waals surface area contributed by atoms with Gasteiger partial charge in [-0.2, -0.15) is 0 Å². The molecule has 0 bridgehead atoms. The third kappa shape index (κ3) is 4.81. The first-order valence-corrected chi connectivity index (χ1v) is 5.87. The van der Waals surface area contributed by atoms with Gasteiger partial charge in [-0.15, -0.1) is 0 Å². The summed E-state index contributed by atoms with van der Waals surface area (Å²) in [6.45, 7) is 1.38. The Morgan fingerprint density at radius 2 is 2.18 bits per heavy atom. The largest absolute Gasteiger partial charge is 0.409 e. The van der Waals surface area contributed by atoms with Gasteiger partial charge in [0.2, 0.25) is 0 Å². The molecule has 0 aliphatic carbocycles. The molecule has 0 aliphatic rings. The Morgan fingerprint density at radius 3 is 2.76 bits per heavy atom. The number of amidine groups is 1. The van der Waals surface area contributed by atoms with Crippen LogP contribution in [0.25, 0.3) is 0 Å². The minimum atomic E-state index is 0.221. The Hall–Kier alpha value is -0.970. The van der Waals surface area contributed by atoms with Crippen LogP contribution in [0.3, 0.4) is 0 Å². The Morgan fingerprint density at radius 1 is 1.47 bits per heavy atom. The molecule has 0 amide bonds. The first-order valence-electron chi connectivity index (χ1n) is 5.12. The average molecular weight is 276 g/mol. The SMILES string of the molecule is CN(CC/C(N)=N/O)Cc1ccc(Cl)cc1Cl. The van der Waals surface area contributed by atoms with Gasteiger partial charge in [0.05, 0.1) is 0 Å². The zero-order chi connectivity index (χ0) is 12.8. The number of nitrogens with two attached hydrogens (primary N) is 1. The second-order valence-corrected chi connectivity index (χ2v) is 4.66. The molecular formula is C11H15Cl2N3O. The highest BCUT2D eigenvalue weighted by Crippen LogP contribution is 2.21. The number of nitrogens with zero attached hydrogens (tertiary/aromatic N) is 2. The lowest BCUT2D eigenvalue weighted by Gasteiger charge is -2.17. The molecule has 0 saturated heterocycles. The van der Waals surface area contributed by atoms with Crippen LogP contribution in [0.1, 0.15) is 12.0 Å². The molecule has 1 rings (SSSR count). The molecule has 6 heteroatoms. The monoisotopic (exact) mass is 275 g/mol. The highest BCUT2D eigenvalue weighted by Gasteiger charge is 2.06. The maximum atomic E-state index is 8.42.